The summed E-state index contributed by atoms with van der Waals surface area (Å²) in [6.07, 6.45) is 0. The van der Waals surface area contributed by atoms with Gasteiger partial charge in [-0.1, -0.05) is 15.9 Å². The van der Waals surface area contributed by atoms with E-state index in [2.05, 4.69) is 15.9 Å². The van der Waals surface area contributed by atoms with E-state index in [0.29, 0.717) is 18.4 Å². The van der Waals surface area contributed by atoms with Gasteiger partial charge in [0.05, 0.1) is 12.0 Å². The van der Waals surface area contributed by atoms with Gasteiger partial charge in [0.15, 0.2) is 5.75 Å². The number of rotatable bonds is 6. The third kappa shape index (κ3) is 3.66. The molecular formula is C12H15BrN2O4. The molecule has 0 saturated carbocycles. The van der Waals surface area contributed by atoms with Crippen molar-refractivity contribution in [3.8, 4) is 5.75 Å². The molecule has 0 spiro atoms. The van der Waals surface area contributed by atoms with Crippen LogP contribution in [0, 0.1) is 10.1 Å². The van der Waals surface area contributed by atoms with Gasteiger partial charge in [-0.15, -0.1) is 0 Å². The van der Waals surface area contributed by atoms with Gasteiger partial charge in [-0.05, 0) is 19.1 Å². The molecule has 0 aromatic heterocycles. The number of nitrogens with zero attached hydrogens (tertiary/aromatic N) is 2. The fraction of sp³-hybridized carbons (Fsp3) is 0.417. The van der Waals surface area contributed by atoms with Crippen LogP contribution >= 0.6 is 15.9 Å². The van der Waals surface area contributed by atoms with Gasteiger partial charge >= 0.3 is 5.69 Å². The summed E-state index contributed by atoms with van der Waals surface area (Å²) >= 11 is 3.27. The van der Waals surface area contributed by atoms with Crippen molar-refractivity contribution in [3.05, 3.63) is 33.9 Å². The van der Waals surface area contributed by atoms with E-state index in [-0.39, 0.29) is 22.9 Å². The van der Waals surface area contributed by atoms with Crippen LogP contribution in [0.1, 0.15) is 17.3 Å². The number of halogens is 1. The number of nitro benzene ring substituents is 1. The Hall–Kier alpha value is -1.63. The highest BCUT2D eigenvalue weighted by Crippen LogP contribution is 2.27. The molecule has 104 valence electrons. The molecule has 0 aliphatic heterocycles. The Morgan fingerprint density at radius 2 is 2.21 bits per heavy atom. The molecule has 1 aromatic rings. The standard InChI is InChI=1S/C12H15BrN2O4/c1-3-14(7-6-13)12(16)9-4-5-11(19-2)10(8-9)15(17)18/h4-5,8H,3,6-7H2,1-2H3. The third-order valence-electron chi connectivity index (χ3n) is 2.65. The van der Waals surface area contributed by atoms with Crippen molar-refractivity contribution in [2.24, 2.45) is 0 Å². The molecule has 0 radical (unpaired) electrons. The molecule has 0 N–H and O–H groups in total. The summed E-state index contributed by atoms with van der Waals surface area (Å²) < 4.78 is 4.90. The second-order valence-electron chi connectivity index (χ2n) is 3.72. The second kappa shape index (κ2) is 7.08. The minimum Gasteiger partial charge on any atom is -0.490 e. The summed E-state index contributed by atoms with van der Waals surface area (Å²) in [5.41, 5.74) is 0.0820. The van der Waals surface area contributed by atoms with Gasteiger partial charge in [0.1, 0.15) is 0 Å². The largest absolute Gasteiger partial charge is 0.490 e. The molecule has 0 fully saturated rings. The van der Waals surface area contributed by atoms with Crippen LogP contribution in [0.25, 0.3) is 0 Å². The molecule has 0 atom stereocenters. The Morgan fingerprint density at radius 1 is 1.53 bits per heavy atom. The number of amides is 1. The van der Waals surface area contributed by atoms with Crippen molar-refractivity contribution in [1.29, 1.82) is 0 Å². The first kappa shape index (κ1) is 15.4. The molecule has 0 aliphatic carbocycles. The van der Waals surface area contributed by atoms with Crippen molar-refractivity contribution < 1.29 is 14.5 Å². The van der Waals surface area contributed by atoms with E-state index in [4.69, 9.17) is 4.74 Å². The van der Waals surface area contributed by atoms with Gasteiger partial charge in [0, 0.05) is 30.0 Å². The van der Waals surface area contributed by atoms with Crippen LogP contribution in [0.2, 0.25) is 0 Å². The average Bonchev–Trinajstić information content (AvgIpc) is 2.43. The number of hydrogen-bond acceptors (Lipinski definition) is 4. The molecule has 19 heavy (non-hydrogen) atoms. The van der Waals surface area contributed by atoms with Gasteiger partial charge in [-0.25, -0.2) is 0 Å². The number of hydrogen-bond donors (Lipinski definition) is 0. The number of alkyl halides is 1. The lowest BCUT2D eigenvalue weighted by molar-refractivity contribution is -0.385. The van der Waals surface area contributed by atoms with Gasteiger partial charge in [-0.3, -0.25) is 14.9 Å². The molecule has 0 bridgehead atoms. The fourth-order valence-corrected chi connectivity index (χ4v) is 2.08. The summed E-state index contributed by atoms with van der Waals surface area (Å²) in [6, 6.07) is 4.22. The van der Waals surface area contributed by atoms with E-state index >= 15 is 0 Å². The van der Waals surface area contributed by atoms with Crippen molar-refractivity contribution in [1.82, 2.24) is 4.90 Å². The minimum absolute atomic E-state index is 0.144. The summed E-state index contributed by atoms with van der Waals surface area (Å²) in [5, 5.41) is 11.6. The maximum Gasteiger partial charge on any atom is 0.311 e. The zero-order chi connectivity index (χ0) is 14.4. The van der Waals surface area contributed by atoms with E-state index in [1.165, 1.54) is 25.3 Å². The quantitative estimate of drug-likeness (QED) is 0.456. The Kier molecular flexibility index (Phi) is 5.75. The molecule has 0 heterocycles. The first-order valence-corrected chi connectivity index (χ1v) is 6.85. The number of nitro groups is 1. The fourth-order valence-electron chi connectivity index (χ4n) is 1.65. The van der Waals surface area contributed by atoms with Gasteiger partial charge in [-0.2, -0.15) is 0 Å². The SMILES string of the molecule is CCN(CCBr)C(=O)c1ccc(OC)c([N+](=O)[O-])c1. The van der Waals surface area contributed by atoms with Crippen LogP contribution in [0.15, 0.2) is 18.2 Å². The summed E-state index contributed by atoms with van der Waals surface area (Å²) in [6.45, 7) is 2.96. The van der Waals surface area contributed by atoms with Crippen LogP contribution in [0.5, 0.6) is 5.75 Å². The Bertz CT molecular complexity index is 479. The van der Waals surface area contributed by atoms with E-state index in [0.717, 1.165) is 0 Å². The maximum absolute atomic E-state index is 12.2. The van der Waals surface area contributed by atoms with Crippen molar-refractivity contribution in [2.75, 3.05) is 25.5 Å². The molecule has 0 unspecified atom stereocenters. The number of benzene rings is 1. The minimum atomic E-state index is -0.559. The lowest BCUT2D eigenvalue weighted by atomic mass is 10.1. The summed E-state index contributed by atoms with van der Waals surface area (Å²) in [5.74, 6) is -0.0854. The van der Waals surface area contributed by atoms with Crippen molar-refractivity contribution in [2.45, 2.75) is 6.92 Å². The zero-order valence-corrected chi connectivity index (χ0v) is 12.3. The molecule has 0 saturated heterocycles. The van der Waals surface area contributed by atoms with Crippen molar-refractivity contribution in [3.63, 3.8) is 0 Å². The highest BCUT2D eigenvalue weighted by atomic mass is 79.9. The number of methoxy groups -OCH3 is 1. The molecule has 7 heteroatoms. The second-order valence-corrected chi connectivity index (χ2v) is 4.51. The first-order chi connectivity index (χ1) is 9.04. The van der Waals surface area contributed by atoms with E-state index < -0.39 is 4.92 Å². The van der Waals surface area contributed by atoms with E-state index in [1.807, 2.05) is 6.92 Å². The Labute approximate surface area is 119 Å². The molecule has 0 aliphatic rings. The van der Waals surface area contributed by atoms with Crippen LogP contribution in [-0.2, 0) is 0 Å². The highest BCUT2D eigenvalue weighted by molar-refractivity contribution is 9.09. The maximum atomic E-state index is 12.2. The number of carbonyl (C=O) groups is 1. The van der Waals surface area contributed by atoms with Crippen LogP contribution in [0.3, 0.4) is 0 Å². The predicted octanol–water partition coefficient (Wildman–Crippen LogP) is 2.46. The topological polar surface area (TPSA) is 72.7 Å². The Morgan fingerprint density at radius 3 is 2.68 bits per heavy atom. The van der Waals surface area contributed by atoms with E-state index in [9.17, 15) is 14.9 Å². The number of ether oxygens (including phenoxy) is 1. The smallest absolute Gasteiger partial charge is 0.311 e. The van der Waals surface area contributed by atoms with Gasteiger partial charge in [0.25, 0.3) is 5.91 Å². The van der Waals surface area contributed by atoms with Gasteiger partial charge in [0.2, 0.25) is 0 Å². The van der Waals surface area contributed by atoms with Crippen LogP contribution in [-0.4, -0.2) is 41.3 Å². The predicted molar refractivity (Wildman–Crippen MR) is 75.0 cm³/mol. The Balaban J connectivity index is 3.10. The zero-order valence-electron chi connectivity index (χ0n) is 10.8. The molecular weight excluding hydrogens is 316 g/mol. The summed E-state index contributed by atoms with van der Waals surface area (Å²) in [7, 11) is 1.35. The lowest BCUT2D eigenvalue weighted by Crippen LogP contribution is -2.32. The third-order valence-corrected chi connectivity index (χ3v) is 3.00. The molecule has 1 amide bonds. The monoisotopic (exact) mass is 330 g/mol. The average molecular weight is 331 g/mol. The lowest BCUT2D eigenvalue weighted by Gasteiger charge is -2.19. The van der Waals surface area contributed by atoms with E-state index in [1.54, 1.807) is 4.90 Å². The number of carbonyl (C=O) groups excluding carboxylic acids is 1. The molecule has 1 aromatic carbocycles. The van der Waals surface area contributed by atoms with Crippen LogP contribution < -0.4 is 4.74 Å². The van der Waals surface area contributed by atoms with Gasteiger partial charge < -0.3 is 9.64 Å². The first-order valence-electron chi connectivity index (χ1n) is 5.72. The van der Waals surface area contributed by atoms with Crippen LogP contribution in [0.4, 0.5) is 5.69 Å². The molecule has 6 nitrogen and oxygen atoms in total. The molecule has 1 rings (SSSR count). The normalized spacial score (nSPS) is 10.1. The highest BCUT2D eigenvalue weighted by Gasteiger charge is 2.20. The summed E-state index contributed by atoms with van der Waals surface area (Å²) in [4.78, 5) is 24.1. The van der Waals surface area contributed by atoms with Crippen molar-refractivity contribution >= 4 is 27.5 Å².